The summed E-state index contributed by atoms with van der Waals surface area (Å²) < 4.78 is 20.3. The number of nitrogens with one attached hydrogen (secondary N) is 1. The van der Waals surface area contributed by atoms with E-state index < -0.39 is 11.6 Å². The lowest BCUT2D eigenvalue weighted by atomic mass is 9.87. The van der Waals surface area contributed by atoms with E-state index in [9.17, 15) is 14.7 Å². The number of carbonyl (C=O) groups is 2. The van der Waals surface area contributed by atoms with Crippen LogP contribution >= 0.6 is 11.7 Å². The van der Waals surface area contributed by atoms with Crippen molar-refractivity contribution < 1.29 is 24.2 Å². The number of hydrogen-bond donors (Lipinski definition) is 2. The van der Waals surface area contributed by atoms with E-state index in [0.29, 0.717) is 36.0 Å². The minimum absolute atomic E-state index is 0.0850. The molecule has 1 aliphatic carbocycles. The van der Waals surface area contributed by atoms with Crippen molar-refractivity contribution >= 4 is 23.6 Å². The fourth-order valence-electron chi connectivity index (χ4n) is 4.16. The number of aromatic nitrogens is 3. The molecule has 0 bridgehead atoms. The highest BCUT2D eigenvalue weighted by atomic mass is 32.1. The average molecular weight is 511 g/mol. The van der Waals surface area contributed by atoms with E-state index in [2.05, 4.69) is 19.0 Å². The van der Waals surface area contributed by atoms with Crippen LogP contribution in [0.25, 0.3) is 0 Å². The molecule has 0 atom stereocenters. The third-order valence-corrected chi connectivity index (χ3v) is 6.82. The quantitative estimate of drug-likeness (QED) is 0.409. The summed E-state index contributed by atoms with van der Waals surface area (Å²) in [5.41, 5.74) is 0.904. The van der Waals surface area contributed by atoms with Gasteiger partial charge in [0.2, 0.25) is 5.88 Å². The van der Waals surface area contributed by atoms with Crippen LogP contribution in [0.3, 0.4) is 0 Å². The molecule has 9 nitrogen and oxygen atoms in total. The summed E-state index contributed by atoms with van der Waals surface area (Å²) >= 11 is 1.06. The summed E-state index contributed by atoms with van der Waals surface area (Å²) in [5.74, 6) is -0.407. The highest BCUT2D eigenvalue weighted by molar-refractivity contribution is 6.99. The zero-order valence-electron chi connectivity index (χ0n) is 20.3. The topological polar surface area (TPSA) is 124 Å². The van der Waals surface area contributed by atoms with Crippen molar-refractivity contribution in [2.24, 2.45) is 5.92 Å². The van der Waals surface area contributed by atoms with Crippen molar-refractivity contribution in [3.8, 4) is 11.8 Å². The van der Waals surface area contributed by atoms with E-state index in [1.807, 2.05) is 30.3 Å². The molecule has 1 fully saturated rings. The van der Waals surface area contributed by atoms with E-state index >= 15 is 0 Å². The molecule has 2 N–H and O–H groups in total. The van der Waals surface area contributed by atoms with Gasteiger partial charge >= 0.3 is 5.97 Å². The van der Waals surface area contributed by atoms with Gasteiger partial charge in [-0.05, 0) is 63.1 Å². The second-order valence-electron chi connectivity index (χ2n) is 9.42. The minimum Gasteiger partial charge on any atom is -0.479 e. The summed E-state index contributed by atoms with van der Waals surface area (Å²) in [6.45, 7) is 3.66. The van der Waals surface area contributed by atoms with Crippen LogP contribution in [-0.4, -0.2) is 49.0 Å². The molecule has 3 aromatic rings. The van der Waals surface area contributed by atoms with Crippen LogP contribution in [0.2, 0.25) is 0 Å². The Morgan fingerprint density at radius 3 is 2.53 bits per heavy atom. The third kappa shape index (κ3) is 6.64. The van der Waals surface area contributed by atoms with Crippen LogP contribution in [0.5, 0.6) is 11.8 Å². The zero-order chi connectivity index (χ0) is 25.5. The summed E-state index contributed by atoms with van der Waals surface area (Å²) in [4.78, 5) is 28.6. The van der Waals surface area contributed by atoms with Crippen molar-refractivity contribution in [3.05, 3.63) is 65.5 Å². The second kappa shape index (κ2) is 11.6. The molecule has 190 valence electrons. The van der Waals surface area contributed by atoms with Gasteiger partial charge in [-0.25, -0.2) is 9.78 Å². The smallest absolute Gasteiger partial charge is 0.335 e. The number of aliphatic carboxylic acids is 1. The predicted molar refractivity (Wildman–Crippen MR) is 134 cm³/mol. The molecular formula is C26H30N4O5S. The molecule has 1 amide bonds. The van der Waals surface area contributed by atoms with Crippen LogP contribution in [0.4, 0.5) is 0 Å². The molecule has 0 aliphatic heterocycles. The van der Waals surface area contributed by atoms with Crippen LogP contribution in [0.15, 0.2) is 48.7 Å². The Morgan fingerprint density at radius 1 is 1.06 bits per heavy atom. The number of carbonyl (C=O) groups excluding carboxylic acids is 1. The van der Waals surface area contributed by atoms with Gasteiger partial charge in [-0.1, -0.05) is 30.3 Å². The maximum absolute atomic E-state index is 13.0. The summed E-state index contributed by atoms with van der Waals surface area (Å²) in [6, 6.07) is 13.3. The Labute approximate surface area is 214 Å². The Bertz CT molecular complexity index is 1180. The maximum atomic E-state index is 13.0. The van der Waals surface area contributed by atoms with Crippen LogP contribution in [0.1, 0.15) is 61.1 Å². The number of carboxylic acids is 1. The molecule has 0 spiro atoms. The maximum Gasteiger partial charge on any atom is 0.335 e. The standard InChI is InChI=1S/C26H30N4O5S/c1-26(2,25(32)33)35-19-12-10-18(11-13-19)16-28-22(31)20-9-6-14-27-23(20)34-24-21(29-36-30-24)15-17-7-4-3-5-8-17/h3-9,14,18-19H,10-13,15-16H2,1-2H3,(H,28,31)(H,32,33). The van der Waals surface area contributed by atoms with Crippen molar-refractivity contribution in [3.63, 3.8) is 0 Å². The molecule has 36 heavy (non-hydrogen) atoms. The van der Waals surface area contributed by atoms with Gasteiger partial charge in [-0.2, -0.15) is 4.37 Å². The number of ether oxygens (including phenoxy) is 2. The minimum atomic E-state index is -1.20. The molecule has 1 saturated carbocycles. The number of nitrogens with zero attached hydrogens (tertiary/aromatic N) is 3. The molecule has 2 heterocycles. The van der Waals surface area contributed by atoms with Crippen LogP contribution in [-0.2, 0) is 16.0 Å². The highest BCUT2D eigenvalue weighted by Gasteiger charge is 2.33. The number of hydrogen-bond acceptors (Lipinski definition) is 8. The molecule has 2 aromatic heterocycles. The number of pyridine rings is 1. The first-order valence-electron chi connectivity index (χ1n) is 12.0. The van der Waals surface area contributed by atoms with Gasteiger partial charge < -0.3 is 19.9 Å². The van der Waals surface area contributed by atoms with Gasteiger partial charge in [0, 0.05) is 19.2 Å². The van der Waals surface area contributed by atoms with Crippen LogP contribution < -0.4 is 10.1 Å². The Balaban J connectivity index is 1.32. The summed E-state index contributed by atoms with van der Waals surface area (Å²) in [6.07, 6.45) is 5.28. The van der Waals surface area contributed by atoms with E-state index in [0.717, 1.165) is 43.0 Å². The Kier molecular flexibility index (Phi) is 8.27. The largest absolute Gasteiger partial charge is 0.479 e. The van der Waals surface area contributed by atoms with Crippen molar-refractivity contribution in [2.75, 3.05) is 6.54 Å². The molecule has 0 radical (unpaired) electrons. The van der Waals surface area contributed by atoms with E-state index in [1.165, 1.54) is 0 Å². The molecule has 1 aliphatic rings. The lowest BCUT2D eigenvalue weighted by Crippen LogP contribution is -2.40. The van der Waals surface area contributed by atoms with Gasteiger partial charge in [0.15, 0.2) is 5.60 Å². The normalized spacial score (nSPS) is 17.9. The molecular weight excluding hydrogens is 480 g/mol. The molecule has 10 heteroatoms. The zero-order valence-corrected chi connectivity index (χ0v) is 21.2. The fourth-order valence-corrected chi connectivity index (χ4v) is 4.66. The van der Waals surface area contributed by atoms with Crippen molar-refractivity contribution in [2.45, 2.75) is 57.7 Å². The van der Waals surface area contributed by atoms with Crippen LogP contribution in [0, 0.1) is 5.92 Å². The average Bonchev–Trinajstić information content (AvgIpc) is 3.30. The fraction of sp³-hybridized carbons (Fsp3) is 0.423. The number of benzene rings is 1. The third-order valence-electron chi connectivity index (χ3n) is 6.27. The second-order valence-corrected chi connectivity index (χ2v) is 9.95. The van der Waals surface area contributed by atoms with Crippen molar-refractivity contribution in [1.82, 2.24) is 19.0 Å². The first-order valence-corrected chi connectivity index (χ1v) is 12.7. The highest BCUT2D eigenvalue weighted by Crippen LogP contribution is 2.30. The lowest BCUT2D eigenvalue weighted by molar-refractivity contribution is -0.170. The number of carboxylic acid groups (broad SMARTS) is 1. The summed E-state index contributed by atoms with van der Waals surface area (Å²) in [5, 5.41) is 12.3. The van der Waals surface area contributed by atoms with E-state index in [4.69, 9.17) is 9.47 Å². The van der Waals surface area contributed by atoms with Gasteiger partial charge in [0.1, 0.15) is 11.3 Å². The Morgan fingerprint density at radius 2 is 1.81 bits per heavy atom. The van der Waals surface area contributed by atoms with E-state index in [1.54, 1.807) is 32.2 Å². The SMILES string of the molecule is CC(C)(OC1CCC(CNC(=O)c2cccnc2Oc2nsnc2Cc2ccccc2)CC1)C(=O)O. The Hall–Kier alpha value is -3.37. The molecule has 0 unspecified atom stereocenters. The predicted octanol–water partition coefficient (Wildman–Crippen LogP) is 4.48. The lowest BCUT2D eigenvalue weighted by Gasteiger charge is -2.33. The van der Waals surface area contributed by atoms with E-state index in [-0.39, 0.29) is 17.9 Å². The van der Waals surface area contributed by atoms with Gasteiger partial charge in [0.05, 0.1) is 17.8 Å². The monoisotopic (exact) mass is 510 g/mol. The molecule has 1 aromatic carbocycles. The summed E-state index contributed by atoms with van der Waals surface area (Å²) in [7, 11) is 0. The van der Waals surface area contributed by atoms with Crippen molar-refractivity contribution in [1.29, 1.82) is 0 Å². The first-order chi connectivity index (χ1) is 17.3. The van der Waals surface area contributed by atoms with Gasteiger partial charge in [0.25, 0.3) is 11.8 Å². The number of rotatable bonds is 10. The first kappa shape index (κ1) is 25.7. The van der Waals surface area contributed by atoms with Gasteiger partial charge in [-0.3, -0.25) is 4.79 Å². The molecule has 4 rings (SSSR count). The number of amides is 1. The molecule has 0 saturated heterocycles. The van der Waals surface area contributed by atoms with Gasteiger partial charge in [-0.15, -0.1) is 4.37 Å².